The van der Waals surface area contributed by atoms with Gasteiger partial charge in [-0.25, -0.2) is 8.42 Å². The number of halogens is 4. The number of sulfonamides is 1. The van der Waals surface area contributed by atoms with E-state index < -0.39 is 42.7 Å². The van der Waals surface area contributed by atoms with Gasteiger partial charge in [0, 0.05) is 12.1 Å². The summed E-state index contributed by atoms with van der Waals surface area (Å²) in [6.45, 7) is 4.61. The number of hydrogen-bond acceptors (Lipinski definition) is 4. The molecule has 0 amide bonds. The third-order valence-corrected chi connectivity index (χ3v) is 5.62. The smallest absolute Gasteiger partial charge is 0.281 e. The number of rotatable bonds is 6. The monoisotopic (exact) mass is 345 g/mol. The zero-order valence-electron chi connectivity index (χ0n) is 11.0. The Morgan fingerprint density at radius 1 is 0.850 bits per heavy atom. The van der Waals surface area contributed by atoms with Crippen molar-refractivity contribution in [1.29, 1.82) is 0 Å². The number of hydrogen-bond donors (Lipinski definition) is 1. The molecule has 0 aromatic heterocycles. The van der Waals surface area contributed by atoms with Crippen LogP contribution in [0.3, 0.4) is 0 Å². The average molecular weight is 345 g/mol. The van der Waals surface area contributed by atoms with Crippen LogP contribution in [0.25, 0.3) is 0 Å². The Morgan fingerprint density at radius 2 is 1.15 bits per heavy atom. The highest BCUT2D eigenvalue weighted by molar-refractivity contribution is 7.93. The fourth-order valence-corrected chi connectivity index (χ4v) is 4.19. The SMILES string of the molecule is CC(C)N(C(C)C)S(=O)(=O)C(F)(F)C(F)(F)S(=O)(=O)O. The lowest BCUT2D eigenvalue weighted by molar-refractivity contribution is -0.105. The van der Waals surface area contributed by atoms with E-state index in [2.05, 4.69) is 0 Å². The van der Waals surface area contributed by atoms with Crippen molar-refractivity contribution in [1.82, 2.24) is 4.31 Å². The maximum atomic E-state index is 13.5. The van der Waals surface area contributed by atoms with Crippen molar-refractivity contribution in [3.8, 4) is 0 Å². The van der Waals surface area contributed by atoms with Crippen LogP contribution in [0.4, 0.5) is 17.6 Å². The van der Waals surface area contributed by atoms with E-state index in [-0.39, 0.29) is 4.31 Å². The summed E-state index contributed by atoms with van der Waals surface area (Å²) in [5.41, 5.74) is 0. The summed E-state index contributed by atoms with van der Waals surface area (Å²) in [6.07, 6.45) is 0. The maximum Gasteiger partial charge on any atom is 0.448 e. The summed E-state index contributed by atoms with van der Waals surface area (Å²) in [5, 5.41) is -12.2. The van der Waals surface area contributed by atoms with Gasteiger partial charge in [-0.3, -0.25) is 4.55 Å². The molecular formula is C8H15F4NO5S2. The van der Waals surface area contributed by atoms with Crippen molar-refractivity contribution in [2.45, 2.75) is 50.3 Å². The summed E-state index contributed by atoms with van der Waals surface area (Å²) in [6, 6.07) is -2.24. The first-order valence-corrected chi connectivity index (χ1v) is 8.15. The minimum absolute atomic E-state index is 0.0477. The molecule has 0 atom stereocenters. The minimum Gasteiger partial charge on any atom is -0.281 e. The Labute approximate surface area is 114 Å². The largest absolute Gasteiger partial charge is 0.448 e. The van der Waals surface area contributed by atoms with Gasteiger partial charge in [-0.05, 0) is 27.7 Å². The fourth-order valence-electron chi connectivity index (χ4n) is 1.58. The number of alkyl halides is 4. The van der Waals surface area contributed by atoms with E-state index in [4.69, 9.17) is 4.55 Å². The quantitative estimate of drug-likeness (QED) is 0.582. The van der Waals surface area contributed by atoms with Crippen molar-refractivity contribution in [3.63, 3.8) is 0 Å². The van der Waals surface area contributed by atoms with Gasteiger partial charge in [0.15, 0.2) is 0 Å². The van der Waals surface area contributed by atoms with E-state index in [1.807, 2.05) is 0 Å². The van der Waals surface area contributed by atoms with Crippen LogP contribution >= 0.6 is 0 Å². The maximum absolute atomic E-state index is 13.5. The highest BCUT2D eigenvalue weighted by atomic mass is 32.2. The minimum atomic E-state index is -6.62. The molecule has 0 saturated carbocycles. The fraction of sp³-hybridized carbons (Fsp3) is 1.00. The molecule has 6 nitrogen and oxygen atoms in total. The van der Waals surface area contributed by atoms with E-state index in [9.17, 15) is 34.4 Å². The van der Waals surface area contributed by atoms with Gasteiger partial charge in [0.2, 0.25) is 0 Å². The summed E-state index contributed by atoms with van der Waals surface area (Å²) in [4.78, 5) is 0. The van der Waals surface area contributed by atoms with E-state index in [1.54, 1.807) is 0 Å². The molecule has 0 aromatic rings. The third-order valence-electron chi connectivity index (χ3n) is 2.28. The molecule has 0 aliphatic rings. The molecule has 0 radical (unpaired) electrons. The molecule has 0 fully saturated rings. The van der Waals surface area contributed by atoms with Gasteiger partial charge in [-0.1, -0.05) is 0 Å². The molecule has 0 bridgehead atoms. The van der Waals surface area contributed by atoms with Crippen molar-refractivity contribution >= 4 is 20.1 Å². The standard InChI is InChI=1S/C8H15F4NO5S2/c1-5(2)13(6(3)4)19(14,15)7(9,10)8(11,12)20(16,17)18/h5-6H,1-4H3,(H,16,17,18). The van der Waals surface area contributed by atoms with Crippen molar-refractivity contribution in [2.24, 2.45) is 0 Å². The zero-order valence-corrected chi connectivity index (χ0v) is 12.6. The van der Waals surface area contributed by atoms with Gasteiger partial charge in [0.1, 0.15) is 0 Å². The highest BCUT2D eigenvalue weighted by Gasteiger charge is 2.74. The van der Waals surface area contributed by atoms with E-state index in [0.717, 1.165) is 27.7 Å². The Balaban J connectivity index is 6.20. The average Bonchev–Trinajstić information content (AvgIpc) is 2.12. The van der Waals surface area contributed by atoms with Crippen LogP contribution in [0.2, 0.25) is 0 Å². The Hall–Kier alpha value is -0.460. The highest BCUT2D eigenvalue weighted by Crippen LogP contribution is 2.44. The zero-order chi connectivity index (χ0) is 16.7. The predicted octanol–water partition coefficient (Wildman–Crippen LogP) is 1.51. The van der Waals surface area contributed by atoms with Crippen LogP contribution in [-0.2, 0) is 20.1 Å². The van der Waals surface area contributed by atoms with Gasteiger partial charge < -0.3 is 0 Å². The van der Waals surface area contributed by atoms with Crippen LogP contribution in [0.5, 0.6) is 0 Å². The molecule has 12 heteroatoms. The molecule has 0 spiro atoms. The predicted molar refractivity (Wildman–Crippen MR) is 62.5 cm³/mol. The summed E-state index contributed by atoms with van der Waals surface area (Å²) < 4.78 is 105. The van der Waals surface area contributed by atoms with Gasteiger partial charge >= 0.3 is 20.6 Å². The first-order chi connectivity index (χ1) is 8.51. The van der Waals surface area contributed by atoms with Crippen LogP contribution < -0.4 is 0 Å². The van der Waals surface area contributed by atoms with Gasteiger partial charge in [0.05, 0.1) is 0 Å². The topological polar surface area (TPSA) is 91.8 Å². The summed E-state index contributed by atoms with van der Waals surface area (Å²) >= 11 is 0. The molecule has 0 saturated heterocycles. The second-order valence-corrected chi connectivity index (χ2v) is 7.88. The van der Waals surface area contributed by atoms with E-state index in [0.29, 0.717) is 0 Å². The van der Waals surface area contributed by atoms with Crippen LogP contribution in [0, 0.1) is 0 Å². The molecule has 0 rings (SSSR count). The van der Waals surface area contributed by atoms with E-state index >= 15 is 0 Å². The molecule has 20 heavy (non-hydrogen) atoms. The Kier molecular flexibility index (Phi) is 5.26. The Morgan fingerprint density at radius 3 is 1.35 bits per heavy atom. The second kappa shape index (κ2) is 5.39. The van der Waals surface area contributed by atoms with Gasteiger partial charge in [0.25, 0.3) is 10.0 Å². The first kappa shape index (κ1) is 19.5. The molecule has 122 valence electrons. The molecule has 1 N–H and O–H groups in total. The molecular weight excluding hydrogens is 330 g/mol. The van der Waals surface area contributed by atoms with Crippen molar-refractivity contribution < 1.29 is 39.0 Å². The molecule has 0 aliphatic carbocycles. The molecule has 0 unspecified atom stereocenters. The van der Waals surface area contributed by atoms with E-state index in [1.165, 1.54) is 0 Å². The van der Waals surface area contributed by atoms with Crippen molar-refractivity contribution in [3.05, 3.63) is 0 Å². The molecule has 0 aromatic carbocycles. The van der Waals surface area contributed by atoms with Crippen LogP contribution in [0.1, 0.15) is 27.7 Å². The lowest BCUT2D eigenvalue weighted by Crippen LogP contribution is -2.59. The lowest BCUT2D eigenvalue weighted by atomic mass is 10.3. The number of nitrogens with zero attached hydrogens (tertiary/aromatic N) is 1. The normalized spacial score (nSPS) is 15.4. The second-order valence-electron chi connectivity index (χ2n) is 4.53. The van der Waals surface area contributed by atoms with Gasteiger partial charge in [-0.15, -0.1) is 0 Å². The molecule has 0 heterocycles. The summed E-state index contributed by atoms with van der Waals surface area (Å²) in [5.74, 6) is 0. The lowest BCUT2D eigenvalue weighted by Gasteiger charge is -2.34. The first-order valence-electron chi connectivity index (χ1n) is 5.27. The summed E-state index contributed by atoms with van der Waals surface area (Å²) in [7, 11) is -12.6. The molecule has 0 aliphatic heterocycles. The Bertz CT molecular complexity index is 547. The van der Waals surface area contributed by atoms with Crippen LogP contribution in [-0.4, -0.2) is 48.3 Å². The van der Waals surface area contributed by atoms with Gasteiger partial charge in [-0.2, -0.15) is 30.3 Å². The third kappa shape index (κ3) is 2.92. The van der Waals surface area contributed by atoms with Crippen molar-refractivity contribution in [2.75, 3.05) is 0 Å². The van der Waals surface area contributed by atoms with Crippen LogP contribution in [0.15, 0.2) is 0 Å².